The van der Waals surface area contributed by atoms with Crippen LogP contribution in [-0.2, 0) is 0 Å². The van der Waals surface area contributed by atoms with Crippen LogP contribution in [0.25, 0.3) is 11.0 Å². The van der Waals surface area contributed by atoms with Crippen LogP contribution >= 0.6 is 27.5 Å². The number of fused-ring (bicyclic) bond motifs is 1. The van der Waals surface area contributed by atoms with Crippen LogP contribution in [0, 0.1) is 0 Å². The van der Waals surface area contributed by atoms with Gasteiger partial charge < -0.3 is 4.98 Å². The maximum Gasteiger partial charge on any atom is 0.263 e. The Kier molecular flexibility index (Phi) is 2.45. The van der Waals surface area contributed by atoms with E-state index in [1.807, 2.05) is 0 Å². The highest BCUT2D eigenvalue weighted by molar-refractivity contribution is 9.10. The molecule has 0 saturated heterocycles. The molecule has 0 saturated carbocycles. The second kappa shape index (κ2) is 3.47. The lowest BCUT2D eigenvalue weighted by Gasteiger charge is -2.00. The van der Waals surface area contributed by atoms with Gasteiger partial charge in [-0.25, -0.2) is 13.8 Å². The quantitative estimate of drug-likeness (QED) is 0.843. The van der Waals surface area contributed by atoms with E-state index in [2.05, 4.69) is 25.9 Å². The van der Waals surface area contributed by atoms with E-state index in [1.165, 1.54) is 12.1 Å². The first-order valence-corrected chi connectivity index (χ1v) is 4.88. The summed E-state index contributed by atoms with van der Waals surface area (Å²) < 4.78 is 25.3. The second-order valence-corrected chi connectivity index (χ2v) is 3.94. The number of nitrogens with one attached hydrogen (secondary N) is 1. The zero-order chi connectivity index (χ0) is 10.3. The summed E-state index contributed by atoms with van der Waals surface area (Å²) in [7, 11) is 0. The molecule has 74 valence electrons. The SMILES string of the molecule is FC(F)c1cc(Br)c2nc(Cl)[nH]c2c1. The molecule has 0 spiro atoms. The zero-order valence-electron chi connectivity index (χ0n) is 6.69. The van der Waals surface area contributed by atoms with Gasteiger partial charge in [0.1, 0.15) is 5.52 Å². The molecule has 0 amide bonds. The van der Waals surface area contributed by atoms with E-state index in [-0.39, 0.29) is 10.8 Å². The summed E-state index contributed by atoms with van der Waals surface area (Å²) in [6.07, 6.45) is -2.50. The molecule has 0 atom stereocenters. The molecule has 0 fully saturated rings. The van der Waals surface area contributed by atoms with Crippen LogP contribution in [0.15, 0.2) is 16.6 Å². The number of rotatable bonds is 1. The van der Waals surface area contributed by atoms with Gasteiger partial charge in [-0.15, -0.1) is 0 Å². The van der Waals surface area contributed by atoms with Crippen LogP contribution in [0.1, 0.15) is 12.0 Å². The molecule has 0 aliphatic heterocycles. The number of hydrogen-bond acceptors (Lipinski definition) is 1. The van der Waals surface area contributed by atoms with Crippen molar-refractivity contribution >= 4 is 38.6 Å². The third kappa shape index (κ3) is 1.62. The van der Waals surface area contributed by atoms with Gasteiger partial charge in [0.2, 0.25) is 5.28 Å². The molecule has 0 aliphatic rings. The first-order chi connectivity index (χ1) is 6.58. The summed E-state index contributed by atoms with van der Waals surface area (Å²) in [5, 5.41) is 0.187. The Hall–Kier alpha value is -0.680. The maximum atomic E-state index is 12.4. The van der Waals surface area contributed by atoms with Gasteiger partial charge in [-0.1, -0.05) is 0 Å². The average molecular weight is 281 g/mol. The van der Waals surface area contributed by atoms with Gasteiger partial charge >= 0.3 is 0 Å². The lowest BCUT2D eigenvalue weighted by molar-refractivity contribution is 0.151. The van der Waals surface area contributed by atoms with Crippen molar-refractivity contribution < 1.29 is 8.78 Å². The summed E-state index contributed by atoms with van der Waals surface area (Å²) in [4.78, 5) is 6.62. The van der Waals surface area contributed by atoms with E-state index in [4.69, 9.17) is 11.6 Å². The largest absolute Gasteiger partial charge is 0.329 e. The van der Waals surface area contributed by atoms with Crippen molar-refractivity contribution in [2.75, 3.05) is 0 Å². The lowest BCUT2D eigenvalue weighted by atomic mass is 10.2. The Morgan fingerprint density at radius 3 is 2.79 bits per heavy atom. The third-order valence-electron chi connectivity index (χ3n) is 1.79. The Labute approximate surface area is 91.4 Å². The molecule has 6 heteroatoms. The van der Waals surface area contributed by atoms with Crippen molar-refractivity contribution in [2.24, 2.45) is 0 Å². The fourth-order valence-electron chi connectivity index (χ4n) is 1.19. The van der Waals surface area contributed by atoms with Gasteiger partial charge in [-0.3, -0.25) is 0 Å². The molecule has 14 heavy (non-hydrogen) atoms. The van der Waals surface area contributed by atoms with Crippen LogP contribution in [0.3, 0.4) is 0 Å². The predicted octanol–water partition coefficient (Wildman–Crippen LogP) is 3.92. The molecule has 0 aliphatic carbocycles. The van der Waals surface area contributed by atoms with E-state index in [1.54, 1.807) is 0 Å². The molecule has 0 bridgehead atoms. The fraction of sp³-hybridized carbons (Fsp3) is 0.125. The topological polar surface area (TPSA) is 28.7 Å². The van der Waals surface area contributed by atoms with Crippen molar-refractivity contribution in [3.63, 3.8) is 0 Å². The predicted molar refractivity (Wildman–Crippen MR) is 53.8 cm³/mol. The number of H-pyrrole nitrogens is 1. The highest BCUT2D eigenvalue weighted by atomic mass is 79.9. The van der Waals surface area contributed by atoms with E-state index in [0.717, 1.165) is 0 Å². The molecule has 1 aromatic carbocycles. The van der Waals surface area contributed by atoms with Crippen molar-refractivity contribution in [3.05, 3.63) is 27.5 Å². The Balaban J connectivity index is 2.71. The molecular weight excluding hydrogens is 277 g/mol. The summed E-state index contributed by atoms with van der Waals surface area (Å²) in [5.74, 6) is 0. The molecular formula is C8H4BrClF2N2. The van der Waals surface area contributed by atoms with Crippen molar-refractivity contribution in [2.45, 2.75) is 6.43 Å². The highest BCUT2D eigenvalue weighted by Gasteiger charge is 2.12. The van der Waals surface area contributed by atoms with E-state index in [9.17, 15) is 8.78 Å². The number of imidazole rings is 1. The molecule has 2 rings (SSSR count). The molecule has 1 aromatic heterocycles. The molecule has 0 unspecified atom stereocenters. The van der Waals surface area contributed by atoms with Crippen LogP contribution < -0.4 is 0 Å². The minimum atomic E-state index is -2.50. The second-order valence-electron chi connectivity index (χ2n) is 2.73. The molecule has 2 nitrogen and oxygen atoms in total. The fourth-order valence-corrected chi connectivity index (χ4v) is 1.95. The molecule has 1 N–H and O–H groups in total. The van der Waals surface area contributed by atoms with Crippen molar-refractivity contribution in [1.82, 2.24) is 9.97 Å². The number of nitrogens with zero attached hydrogens (tertiary/aromatic N) is 1. The van der Waals surface area contributed by atoms with Crippen molar-refractivity contribution in [3.8, 4) is 0 Å². The Morgan fingerprint density at radius 2 is 2.14 bits per heavy atom. The van der Waals surface area contributed by atoms with E-state index < -0.39 is 6.43 Å². The summed E-state index contributed by atoms with van der Waals surface area (Å²) in [5.41, 5.74) is 0.990. The maximum absolute atomic E-state index is 12.4. The summed E-state index contributed by atoms with van der Waals surface area (Å²) >= 11 is 8.77. The number of aromatic nitrogens is 2. The smallest absolute Gasteiger partial charge is 0.263 e. The first kappa shape index (κ1) is 9.86. The highest BCUT2D eigenvalue weighted by Crippen LogP contribution is 2.29. The van der Waals surface area contributed by atoms with E-state index in [0.29, 0.717) is 15.5 Å². The Morgan fingerprint density at radius 1 is 1.43 bits per heavy atom. The first-order valence-electron chi connectivity index (χ1n) is 3.70. The van der Waals surface area contributed by atoms with Gasteiger partial charge in [0.15, 0.2) is 0 Å². The summed E-state index contributed by atoms with van der Waals surface area (Å²) in [6.45, 7) is 0. The van der Waals surface area contributed by atoms with Gasteiger partial charge in [0.25, 0.3) is 6.43 Å². The molecule has 0 radical (unpaired) electrons. The van der Waals surface area contributed by atoms with Gasteiger partial charge in [0.05, 0.1) is 5.52 Å². The van der Waals surface area contributed by atoms with E-state index >= 15 is 0 Å². The van der Waals surface area contributed by atoms with Gasteiger partial charge in [-0.05, 0) is 39.7 Å². The van der Waals surface area contributed by atoms with Crippen LogP contribution in [0.4, 0.5) is 8.78 Å². The van der Waals surface area contributed by atoms with Crippen LogP contribution in [-0.4, -0.2) is 9.97 Å². The zero-order valence-corrected chi connectivity index (χ0v) is 9.03. The number of hydrogen-bond donors (Lipinski definition) is 1. The Bertz CT molecular complexity index is 483. The average Bonchev–Trinajstić information content (AvgIpc) is 2.45. The number of halogens is 4. The van der Waals surface area contributed by atoms with Crippen LogP contribution in [0.5, 0.6) is 0 Å². The monoisotopic (exact) mass is 280 g/mol. The number of aromatic amines is 1. The van der Waals surface area contributed by atoms with Crippen LogP contribution in [0.2, 0.25) is 5.28 Å². The lowest BCUT2D eigenvalue weighted by Crippen LogP contribution is -1.84. The molecule has 2 aromatic rings. The third-order valence-corrected chi connectivity index (χ3v) is 2.57. The standard InChI is InChI=1S/C8H4BrClF2N2/c9-4-1-3(7(11)12)2-5-6(4)14-8(10)13-5/h1-2,7H,(H,13,14). The van der Waals surface area contributed by atoms with Gasteiger partial charge in [-0.2, -0.15) is 0 Å². The van der Waals surface area contributed by atoms with Crippen molar-refractivity contribution in [1.29, 1.82) is 0 Å². The number of alkyl halides is 2. The van der Waals surface area contributed by atoms with Gasteiger partial charge in [0, 0.05) is 10.0 Å². The number of benzene rings is 1. The minimum absolute atomic E-state index is 0.0651. The summed E-state index contributed by atoms with van der Waals surface area (Å²) in [6, 6.07) is 2.67. The molecule has 1 heterocycles. The minimum Gasteiger partial charge on any atom is -0.329 e. The normalized spacial score (nSPS) is 11.5.